The summed E-state index contributed by atoms with van der Waals surface area (Å²) in [5.74, 6) is 0.213. The van der Waals surface area contributed by atoms with Gasteiger partial charge in [0, 0.05) is 25.2 Å². The minimum absolute atomic E-state index is 0.213. The van der Waals surface area contributed by atoms with Crippen LogP contribution in [0.2, 0.25) is 0 Å². The molecule has 2 fully saturated rings. The number of piperidine rings is 1. The topological polar surface area (TPSA) is 66.6 Å². The van der Waals surface area contributed by atoms with Gasteiger partial charge in [-0.05, 0) is 39.3 Å². The molecule has 0 aromatic heterocycles. The zero-order valence-electron chi connectivity index (χ0n) is 10.5. The third kappa shape index (κ3) is 2.99. The van der Waals surface area contributed by atoms with Crippen molar-refractivity contribution in [2.45, 2.75) is 38.3 Å². The van der Waals surface area contributed by atoms with Gasteiger partial charge in [-0.3, -0.25) is 4.90 Å². The van der Waals surface area contributed by atoms with E-state index in [1.165, 1.54) is 0 Å². The molecule has 2 aliphatic heterocycles. The predicted octanol–water partition coefficient (Wildman–Crippen LogP) is -0.166. The van der Waals surface area contributed by atoms with E-state index in [9.17, 15) is 8.42 Å². The molecule has 17 heavy (non-hydrogen) atoms. The zero-order valence-corrected chi connectivity index (χ0v) is 11.3. The summed E-state index contributed by atoms with van der Waals surface area (Å²) in [7, 11) is -3.00. The molecule has 0 bridgehead atoms. The van der Waals surface area contributed by atoms with Gasteiger partial charge in [0.1, 0.15) is 0 Å². The Balaban J connectivity index is 1.90. The van der Waals surface area contributed by atoms with E-state index in [0.717, 1.165) is 32.4 Å². The summed E-state index contributed by atoms with van der Waals surface area (Å²) in [5.41, 5.74) is 5.88. The van der Waals surface area contributed by atoms with Crippen LogP contribution in [0.1, 0.15) is 26.2 Å². The maximum atomic E-state index is 11.8. The average molecular weight is 261 g/mol. The van der Waals surface area contributed by atoms with Gasteiger partial charge in [0.2, 0.25) is 10.0 Å². The molecular formula is C11H23N3O2S. The van der Waals surface area contributed by atoms with E-state index in [1.54, 1.807) is 11.2 Å². The Morgan fingerprint density at radius 2 is 1.82 bits per heavy atom. The van der Waals surface area contributed by atoms with Crippen LogP contribution in [0.4, 0.5) is 0 Å². The first-order valence-electron chi connectivity index (χ1n) is 6.50. The zero-order chi connectivity index (χ0) is 12.5. The van der Waals surface area contributed by atoms with Crippen LogP contribution in [-0.2, 0) is 10.0 Å². The van der Waals surface area contributed by atoms with Crippen molar-refractivity contribution in [2.24, 2.45) is 5.73 Å². The second-order valence-corrected chi connectivity index (χ2v) is 7.33. The SMILES string of the molecule is CCS(=O)(=O)N1CCC(N2CCC(N)CC2)C1. The third-order valence-corrected chi connectivity index (χ3v) is 5.82. The molecule has 0 aromatic rings. The second kappa shape index (κ2) is 5.22. The van der Waals surface area contributed by atoms with E-state index in [-0.39, 0.29) is 5.75 Å². The molecule has 1 unspecified atom stereocenters. The van der Waals surface area contributed by atoms with E-state index in [0.29, 0.717) is 25.2 Å². The molecule has 2 rings (SSSR count). The standard InChI is InChI=1S/C11H23N3O2S/c1-2-17(15,16)14-8-5-11(9-14)13-6-3-10(12)4-7-13/h10-11H,2-9,12H2,1H3. The monoisotopic (exact) mass is 261 g/mol. The van der Waals surface area contributed by atoms with Gasteiger partial charge < -0.3 is 5.73 Å². The first-order valence-corrected chi connectivity index (χ1v) is 8.11. The molecule has 0 saturated carbocycles. The Bertz CT molecular complexity index is 350. The lowest BCUT2D eigenvalue weighted by molar-refractivity contribution is 0.159. The third-order valence-electron chi connectivity index (χ3n) is 3.97. The minimum atomic E-state index is -3.00. The van der Waals surface area contributed by atoms with Crippen LogP contribution in [0, 0.1) is 0 Å². The highest BCUT2D eigenvalue weighted by Gasteiger charge is 2.34. The van der Waals surface area contributed by atoms with E-state index in [2.05, 4.69) is 4.90 Å². The molecule has 5 nitrogen and oxygen atoms in total. The lowest BCUT2D eigenvalue weighted by atomic mass is 10.0. The highest BCUT2D eigenvalue weighted by molar-refractivity contribution is 7.89. The lowest BCUT2D eigenvalue weighted by Crippen LogP contribution is -2.46. The number of sulfonamides is 1. The van der Waals surface area contributed by atoms with Crippen molar-refractivity contribution in [1.29, 1.82) is 0 Å². The van der Waals surface area contributed by atoms with Crippen molar-refractivity contribution in [2.75, 3.05) is 31.9 Å². The van der Waals surface area contributed by atoms with Crippen LogP contribution in [0.5, 0.6) is 0 Å². The average Bonchev–Trinajstić information content (AvgIpc) is 2.80. The number of nitrogens with zero attached hydrogens (tertiary/aromatic N) is 2. The van der Waals surface area contributed by atoms with Crippen molar-refractivity contribution in [3.05, 3.63) is 0 Å². The Hall–Kier alpha value is -0.170. The summed E-state index contributed by atoms with van der Waals surface area (Å²) >= 11 is 0. The maximum Gasteiger partial charge on any atom is 0.213 e. The largest absolute Gasteiger partial charge is 0.328 e. The van der Waals surface area contributed by atoms with E-state index < -0.39 is 10.0 Å². The Labute approximate surface area is 104 Å². The van der Waals surface area contributed by atoms with E-state index in [4.69, 9.17) is 5.73 Å². The highest BCUT2D eigenvalue weighted by Crippen LogP contribution is 2.21. The fourth-order valence-electron chi connectivity index (χ4n) is 2.73. The van der Waals surface area contributed by atoms with Gasteiger partial charge in [0.05, 0.1) is 5.75 Å². The summed E-state index contributed by atoms with van der Waals surface area (Å²) in [6, 6.07) is 0.743. The van der Waals surface area contributed by atoms with Gasteiger partial charge in [-0.2, -0.15) is 0 Å². The van der Waals surface area contributed by atoms with Crippen LogP contribution in [0.25, 0.3) is 0 Å². The van der Waals surface area contributed by atoms with Gasteiger partial charge in [-0.15, -0.1) is 0 Å². The second-order valence-electron chi connectivity index (χ2n) is 5.07. The predicted molar refractivity (Wildman–Crippen MR) is 68.2 cm³/mol. The Morgan fingerprint density at radius 3 is 2.41 bits per heavy atom. The van der Waals surface area contributed by atoms with Gasteiger partial charge in [0.25, 0.3) is 0 Å². The van der Waals surface area contributed by atoms with Gasteiger partial charge >= 0.3 is 0 Å². The van der Waals surface area contributed by atoms with E-state index >= 15 is 0 Å². The van der Waals surface area contributed by atoms with Crippen molar-refractivity contribution < 1.29 is 8.42 Å². The quantitative estimate of drug-likeness (QED) is 0.766. The molecule has 6 heteroatoms. The number of likely N-dealkylation sites (tertiary alicyclic amines) is 1. The number of hydrogen-bond acceptors (Lipinski definition) is 4. The van der Waals surface area contributed by atoms with Crippen molar-refractivity contribution in [1.82, 2.24) is 9.21 Å². The molecule has 0 spiro atoms. The molecule has 0 aliphatic carbocycles. The van der Waals surface area contributed by atoms with Gasteiger partial charge in [-0.1, -0.05) is 0 Å². The van der Waals surface area contributed by atoms with Crippen molar-refractivity contribution in [3.8, 4) is 0 Å². The minimum Gasteiger partial charge on any atom is -0.328 e. The lowest BCUT2D eigenvalue weighted by Gasteiger charge is -2.34. The molecule has 100 valence electrons. The fourth-order valence-corrected chi connectivity index (χ4v) is 3.88. The molecule has 0 amide bonds. The molecular weight excluding hydrogens is 238 g/mol. The molecule has 2 N–H and O–H groups in total. The summed E-state index contributed by atoms with van der Waals surface area (Å²) in [6.45, 7) is 5.11. The summed E-state index contributed by atoms with van der Waals surface area (Å²) in [5, 5.41) is 0. The molecule has 0 radical (unpaired) electrons. The van der Waals surface area contributed by atoms with Gasteiger partial charge in [-0.25, -0.2) is 12.7 Å². The smallest absolute Gasteiger partial charge is 0.213 e. The van der Waals surface area contributed by atoms with Crippen molar-refractivity contribution in [3.63, 3.8) is 0 Å². The van der Waals surface area contributed by atoms with Crippen LogP contribution in [0.3, 0.4) is 0 Å². The van der Waals surface area contributed by atoms with Crippen molar-refractivity contribution >= 4 is 10.0 Å². The molecule has 0 aromatic carbocycles. The molecule has 2 aliphatic rings. The fraction of sp³-hybridized carbons (Fsp3) is 1.00. The number of hydrogen-bond donors (Lipinski definition) is 1. The van der Waals surface area contributed by atoms with Crippen LogP contribution < -0.4 is 5.73 Å². The first-order chi connectivity index (χ1) is 8.03. The summed E-state index contributed by atoms with van der Waals surface area (Å²) in [6.07, 6.45) is 3.04. The number of nitrogens with two attached hydrogens (primary N) is 1. The highest BCUT2D eigenvalue weighted by atomic mass is 32.2. The normalized spacial score (nSPS) is 29.9. The molecule has 2 saturated heterocycles. The maximum absolute atomic E-state index is 11.8. The number of rotatable bonds is 3. The van der Waals surface area contributed by atoms with Crippen LogP contribution >= 0.6 is 0 Å². The van der Waals surface area contributed by atoms with Crippen LogP contribution in [-0.4, -0.2) is 61.6 Å². The first kappa shape index (κ1) is 13.3. The Morgan fingerprint density at radius 1 is 1.18 bits per heavy atom. The van der Waals surface area contributed by atoms with E-state index in [1.807, 2.05) is 0 Å². The summed E-state index contributed by atoms with van der Waals surface area (Å²) < 4.78 is 25.2. The van der Waals surface area contributed by atoms with Crippen LogP contribution in [0.15, 0.2) is 0 Å². The molecule has 2 heterocycles. The van der Waals surface area contributed by atoms with Gasteiger partial charge in [0.15, 0.2) is 0 Å². The summed E-state index contributed by atoms with van der Waals surface area (Å²) in [4.78, 5) is 2.41. The molecule has 1 atom stereocenters. The Kier molecular flexibility index (Phi) is 4.07.